The van der Waals surface area contributed by atoms with Gasteiger partial charge in [0.15, 0.2) is 17.2 Å². The van der Waals surface area contributed by atoms with Crippen LogP contribution in [-0.2, 0) is 22.3 Å². The zero-order valence-electron chi connectivity index (χ0n) is 26.9. The van der Waals surface area contributed by atoms with E-state index in [-0.39, 0.29) is 41.5 Å². The highest BCUT2D eigenvalue weighted by Gasteiger charge is 2.50. The lowest BCUT2D eigenvalue weighted by Crippen LogP contribution is -2.50. The summed E-state index contributed by atoms with van der Waals surface area (Å²) in [6.45, 7) is 6.64. The monoisotopic (exact) mass is 657 g/mol. The number of nitrogens with one attached hydrogen (secondary N) is 1. The molecule has 0 saturated heterocycles. The van der Waals surface area contributed by atoms with Crippen LogP contribution in [-0.4, -0.2) is 46.8 Å². The van der Waals surface area contributed by atoms with Crippen molar-refractivity contribution >= 4 is 39.8 Å². The molecule has 248 valence electrons. The van der Waals surface area contributed by atoms with Crippen molar-refractivity contribution in [3.63, 3.8) is 0 Å². The number of carbonyl (C=O) groups excluding carboxylic acids is 3. The number of rotatable bonds is 7. The lowest BCUT2D eigenvalue weighted by Gasteiger charge is -2.47. The summed E-state index contributed by atoms with van der Waals surface area (Å²) in [6.07, 6.45) is 2.07. The standard InChI is InChI=1S/C35H34F3N7O3/c1-17-5-10-27(35(36,37)38)40-33(17)41-34(48)30-22-8-6-21(7-9-22)29(30)26(47)16-45-32-18(2)11-23(13-25(32)31(43-45)20(4)46)24-14-39-28-12-19(3)42-44(28)15-24/h5,10-15,21-22,29-30H,6-9,16H2,1-4H3,(H,40,41,48)/t21?,22?,29?,30-/m1/s1. The highest BCUT2D eigenvalue weighted by Crippen LogP contribution is 2.50. The zero-order chi connectivity index (χ0) is 34.1. The average molecular weight is 658 g/mol. The number of nitrogens with zero attached hydrogens (tertiary/aromatic N) is 6. The van der Waals surface area contributed by atoms with Gasteiger partial charge in [-0.25, -0.2) is 14.5 Å². The van der Waals surface area contributed by atoms with Gasteiger partial charge in [-0.1, -0.05) is 6.07 Å². The molecule has 2 bridgehead atoms. The highest BCUT2D eigenvalue weighted by atomic mass is 19.4. The fourth-order valence-electron chi connectivity index (χ4n) is 7.77. The molecule has 13 heteroatoms. The Hall–Kier alpha value is -4.94. The second kappa shape index (κ2) is 11.6. The molecule has 3 fully saturated rings. The summed E-state index contributed by atoms with van der Waals surface area (Å²) >= 11 is 0. The van der Waals surface area contributed by atoms with E-state index in [1.807, 2.05) is 38.2 Å². The quantitative estimate of drug-likeness (QED) is 0.197. The van der Waals surface area contributed by atoms with Gasteiger partial charge in [0.1, 0.15) is 23.8 Å². The van der Waals surface area contributed by atoms with Crippen molar-refractivity contribution in [3.8, 4) is 11.1 Å². The van der Waals surface area contributed by atoms with Gasteiger partial charge < -0.3 is 5.32 Å². The Morgan fingerprint density at radius 1 is 0.917 bits per heavy atom. The number of carbonyl (C=O) groups is 3. The van der Waals surface area contributed by atoms with Crippen LogP contribution in [0.4, 0.5) is 19.0 Å². The van der Waals surface area contributed by atoms with Gasteiger partial charge in [-0.3, -0.25) is 19.1 Å². The van der Waals surface area contributed by atoms with Gasteiger partial charge in [-0.05, 0) is 93.2 Å². The first-order valence-electron chi connectivity index (χ1n) is 16.0. The number of ketones is 2. The summed E-state index contributed by atoms with van der Waals surface area (Å²) in [5.74, 6) is -2.56. The van der Waals surface area contributed by atoms with Crippen LogP contribution >= 0.6 is 0 Å². The normalized spacial score (nSPS) is 20.8. The summed E-state index contributed by atoms with van der Waals surface area (Å²) in [6, 6.07) is 7.86. The van der Waals surface area contributed by atoms with Crippen LogP contribution in [0.25, 0.3) is 27.7 Å². The molecule has 10 nitrogen and oxygen atoms in total. The lowest BCUT2D eigenvalue weighted by atomic mass is 9.57. The minimum atomic E-state index is -4.66. The third kappa shape index (κ3) is 5.54. The molecule has 3 saturated carbocycles. The van der Waals surface area contributed by atoms with Gasteiger partial charge in [-0.15, -0.1) is 0 Å². The molecule has 48 heavy (non-hydrogen) atoms. The summed E-state index contributed by atoms with van der Waals surface area (Å²) in [5.41, 5.74) is 4.15. The van der Waals surface area contributed by atoms with E-state index < -0.39 is 29.6 Å². The van der Waals surface area contributed by atoms with E-state index in [1.54, 1.807) is 22.3 Å². The Morgan fingerprint density at radius 2 is 1.62 bits per heavy atom. The Bertz CT molecular complexity index is 2130. The maximum absolute atomic E-state index is 14.2. The number of amides is 1. The third-order valence-corrected chi connectivity index (χ3v) is 9.96. The van der Waals surface area contributed by atoms with Gasteiger partial charge >= 0.3 is 6.18 Å². The molecule has 1 N–H and O–H groups in total. The van der Waals surface area contributed by atoms with Crippen LogP contribution in [0.15, 0.2) is 42.7 Å². The number of fused-ring (bicyclic) bond motifs is 5. The van der Waals surface area contributed by atoms with E-state index in [0.29, 0.717) is 16.5 Å². The van der Waals surface area contributed by atoms with E-state index in [4.69, 9.17) is 0 Å². The Labute approximate surface area is 273 Å². The molecule has 8 rings (SSSR count). The zero-order valence-corrected chi connectivity index (χ0v) is 26.9. The number of halogens is 3. The number of anilines is 1. The van der Waals surface area contributed by atoms with Crippen LogP contribution in [0, 0.1) is 44.4 Å². The van der Waals surface area contributed by atoms with Crippen molar-refractivity contribution in [2.75, 3.05) is 5.32 Å². The molecule has 3 aliphatic carbocycles. The van der Waals surface area contributed by atoms with Crippen molar-refractivity contribution in [3.05, 3.63) is 70.9 Å². The molecule has 1 amide bonds. The number of pyridine rings is 1. The molecule has 0 radical (unpaired) electrons. The first kappa shape index (κ1) is 31.6. The molecule has 0 aliphatic heterocycles. The fraction of sp³-hybridized carbons (Fsp3) is 0.400. The van der Waals surface area contributed by atoms with Gasteiger partial charge in [-0.2, -0.15) is 23.4 Å². The number of hydrogen-bond acceptors (Lipinski definition) is 7. The molecular weight excluding hydrogens is 623 g/mol. The van der Waals surface area contributed by atoms with Crippen molar-refractivity contribution in [2.45, 2.75) is 66.1 Å². The minimum absolute atomic E-state index is 0.0380. The Kier molecular flexibility index (Phi) is 7.67. The number of aromatic nitrogens is 6. The van der Waals surface area contributed by atoms with Crippen LogP contribution in [0.1, 0.15) is 65.6 Å². The van der Waals surface area contributed by atoms with Gasteiger partial charge in [0.05, 0.1) is 17.1 Å². The van der Waals surface area contributed by atoms with Crippen LogP contribution in [0.3, 0.4) is 0 Å². The molecule has 4 aromatic heterocycles. The smallest absolute Gasteiger partial charge is 0.310 e. The van der Waals surface area contributed by atoms with E-state index in [9.17, 15) is 27.6 Å². The van der Waals surface area contributed by atoms with E-state index in [2.05, 4.69) is 25.5 Å². The molecule has 2 atom stereocenters. The summed E-state index contributed by atoms with van der Waals surface area (Å²) in [4.78, 5) is 49.0. The largest absolute Gasteiger partial charge is 0.433 e. The highest BCUT2D eigenvalue weighted by molar-refractivity contribution is 6.07. The average Bonchev–Trinajstić information content (AvgIpc) is 3.60. The first-order chi connectivity index (χ1) is 22.8. The molecule has 3 aliphatic rings. The Morgan fingerprint density at radius 3 is 2.31 bits per heavy atom. The molecule has 0 spiro atoms. The van der Waals surface area contributed by atoms with Crippen LogP contribution in [0.5, 0.6) is 0 Å². The number of aryl methyl sites for hydroxylation is 3. The summed E-state index contributed by atoms with van der Waals surface area (Å²) in [5, 5.41) is 12.3. The minimum Gasteiger partial charge on any atom is -0.310 e. The maximum atomic E-state index is 14.2. The Balaban J connectivity index is 1.21. The fourth-order valence-corrected chi connectivity index (χ4v) is 7.77. The molecule has 5 aromatic rings. The van der Waals surface area contributed by atoms with Gasteiger partial charge in [0, 0.05) is 42.3 Å². The number of hydrogen-bond donors (Lipinski definition) is 1. The van der Waals surface area contributed by atoms with E-state index in [0.717, 1.165) is 59.8 Å². The van der Waals surface area contributed by atoms with Crippen LogP contribution < -0.4 is 5.32 Å². The van der Waals surface area contributed by atoms with Crippen molar-refractivity contribution in [1.29, 1.82) is 0 Å². The molecule has 1 aromatic carbocycles. The summed E-state index contributed by atoms with van der Waals surface area (Å²) < 4.78 is 43.4. The SMILES string of the molecule is CC(=O)c1nn(CC(=O)C2C3CCC(CC3)[C@H]2C(=O)Nc2nc(C(F)(F)F)ccc2C)c2c(C)cc(-c3cnc4cc(C)nn4c3)cc12. The second-order valence-electron chi connectivity index (χ2n) is 13.2. The topological polar surface area (TPSA) is 124 Å². The molecule has 4 heterocycles. The molecular formula is C35H34F3N7O3. The first-order valence-corrected chi connectivity index (χ1v) is 16.0. The second-order valence-corrected chi connectivity index (χ2v) is 13.2. The van der Waals surface area contributed by atoms with Gasteiger partial charge in [0.2, 0.25) is 5.91 Å². The van der Waals surface area contributed by atoms with Gasteiger partial charge in [0.25, 0.3) is 0 Å². The maximum Gasteiger partial charge on any atom is 0.433 e. The number of benzene rings is 1. The molecule has 1 unspecified atom stereocenters. The van der Waals surface area contributed by atoms with Crippen molar-refractivity contribution < 1.29 is 27.6 Å². The van der Waals surface area contributed by atoms with Crippen LogP contribution in [0.2, 0.25) is 0 Å². The lowest BCUT2D eigenvalue weighted by molar-refractivity contribution is -0.142. The van der Waals surface area contributed by atoms with E-state index in [1.165, 1.54) is 13.0 Å². The number of Topliss-reactive ketones (excluding diaryl/α,β-unsaturated/α-hetero) is 2. The predicted molar refractivity (Wildman–Crippen MR) is 171 cm³/mol. The predicted octanol–water partition coefficient (Wildman–Crippen LogP) is 6.55. The van der Waals surface area contributed by atoms with Crippen molar-refractivity contribution in [1.82, 2.24) is 29.4 Å². The number of alkyl halides is 3. The third-order valence-electron chi connectivity index (χ3n) is 9.96. The summed E-state index contributed by atoms with van der Waals surface area (Å²) in [7, 11) is 0. The van der Waals surface area contributed by atoms with E-state index >= 15 is 0 Å². The van der Waals surface area contributed by atoms with Crippen molar-refractivity contribution in [2.24, 2.45) is 23.7 Å².